The fraction of sp³-hybridized carbons (Fsp3) is 0.714. The van der Waals surface area contributed by atoms with Crippen LogP contribution in [0.4, 0.5) is 9.59 Å². The maximum atomic E-state index is 11.0. The van der Waals surface area contributed by atoms with Gasteiger partial charge in [0.05, 0.1) is 12.7 Å². The summed E-state index contributed by atoms with van der Waals surface area (Å²) < 4.78 is 5.05. The van der Waals surface area contributed by atoms with Crippen LogP contribution < -0.4 is 16.4 Å². The van der Waals surface area contributed by atoms with E-state index in [1.165, 1.54) is 0 Å². The van der Waals surface area contributed by atoms with Crippen LogP contribution in [0.3, 0.4) is 0 Å². The average molecular weight is 219 g/mol. The van der Waals surface area contributed by atoms with Gasteiger partial charge < -0.3 is 26.0 Å². The number of amides is 4. The Hall–Kier alpha value is -1.38. The van der Waals surface area contributed by atoms with E-state index in [0.29, 0.717) is 0 Å². The van der Waals surface area contributed by atoms with Crippen molar-refractivity contribution in [2.75, 3.05) is 6.61 Å². The number of nitrogens with two attached hydrogens (primary N) is 1. The van der Waals surface area contributed by atoms with Gasteiger partial charge >= 0.3 is 12.1 Å². The Morgan fingerprint density at radius 1 is 1.53 bits per heavy atom. The van der Waals surface area contributed by atoms with Gasteiger partial charge in [-0.15, -0.1) is 0 Å². The Morgan fingerprint density at radius 2 is 2.20 bits per heavy atom. The molecule has 1 aliphatic heterocycles. The monoisotopic (exact) mass is 219 g/mol. The smallest absolute Gasteiger partial charge is 0.324 e. The maximum absolute atomic E-state index is 11.0. The molecule has 0 aromatic carbocycles. The van der Waals surface area contributed by atoms with Gasteiger partial charge in [0.25, 0.3) is 0 Å². The zero-order valence-corrected chi connectivity index (χ0v) is 7.84. The number of imide groups is 1. The number of urea groups is 2. The molecule has 1 fully saturated rings. The molecule has 0 aliphatic carbocycles. The van der Waals surface area contributed by atoms with Crippen LogP contribution in [0.25, 0.3) is 0 Å². The molecule has 0 spiro atoms. The Labute approximate surface area is 85.4 Å². The van der Waals surface area contributed by atoms with E-state index in [9.17, 15) is 14.7 Å². The van der Waals surface area contributed by atoms with E-state index in [1.807, 2.05) is 0 Å². The van der Waals surface area contributed by atoms with E-state index in [-0.39, 0.29) is 13.0 Å². The van der Waals surface area contributed by atoms with E-state index in [2.05, 4.69) is 5.32 Å². The van der Waals surface area contributed by atoms with Gasteiger partial charge in [-0.05, 0) is 0 Å². The van der Waals surface area contributed by atoms with E-state index >= 15 is 0 Å². The van der Waals surface area contributed by atoms with Crippen LogP contribution in [-0.2, 0) is 4.74 Å². The molecule has 0 radical (unpaired) electrons. The number of aliphatic hydroxyl groups excluding tert-OH is 2. The zero-order valence-electron chi connectivity index (χ0n) is 7.84. The van der Waals surface area contributed by atoms with Crippen molar-refractivity contribution in [1.29, 1.82) is 0 Å². The van der Waals surface area contributed by atoms with Crippen LogP contribution in [-0.4, -0.2) is 47.3 Å². The SMILES string of the molecule is NC(=O)NC(=O)N[C@H]1C[C@@H](O)[C@@H](CO)O1. The van der Waals surface area contributed by atoms with Crippen LogP contribution in [0.2, 0.25) is 0 Å². The lowest BCUT2D eigenvalue weighted by atomic mass is 10.2. The first-order chi connectivity index (χ1) is 7.02. The first kappa shape index (κ1) is 11.7. The molecule has 0 saturated carbocycles. The van der Waals surface area contributed by atoms with E-state index in [1.54, 1.807) is 5.32 Å². The summed E-state index contributed by atoms with van der Waals surface area (Å²) in [5.41, 5.74) is 4.71. The van der Waals surface area contributed by atoms with Crippen molar-refractivity contribution in [2.24, 2.45) is 5.73 Å². The molecule has 1 heterocycles. The second-order valence-electron chi connectivity index (χ2n) is 3.11. The molecule has 1 aliphatic rings. The lowest BCUT2D eigenvalue weighted by Gasteiger charge is -2.13. The number of carbonyl (C=O) groups excluding carboxylic acids is 2. The van der Waals surface area contributed by atoms with Crippen molar-refractivity contribution in [3.8, 4) is 0 Å². The zero-order chi connectivity index (χ0) is 11.4. The fourth-order valence-corrected chi connectivity index (χ4v) is 1.28. The van der Waals surface area contributed by atoms with Gasteiger partial charge in [-0.25, -0.2) is 9.59 Å². The minimum atomic E-state index is -0.982. The van der Waals surface area contributed by atoms with Gasteiger partial charge in [0.15, 0.2) is 0 Å². The number of nitrogens with one attached hydrogen (secondary N) is 2. The Balaban J connectivity index is 2.35. The van der Waals surface area contributed by atoms with Crippen molar-refractivity contribution < 1.29 is 24.5 Å². The van der Waals surface area contributed by atoms with E-state index < -0.39 is 30.5 Å². The van der Waals surface area contributed by atoms with Crippen molar-refractivity contribution in [2.45, 2.75) is 24.9 Å². The third kappa shape index (κ3) is 3.35. The second-order valence-corrected chi connectivity index (χ2v) is 3.11. The molecular weight excluding hydrogens is 206 g/mol. The van der Waals surface area contributed by atoms with Gasteiger partial charge in [-0.3, -0.25) is 5.32 Å². The number of primary amides is 1. The van der Waals surface area contributed by atoms with Gasteiger partial charge in [0.1, 0.15) is 12.3 Å². The quantitative estimate of drug-likeness (QED) is 0.360. The predicted octanol–water partition coefficient (Wildman–Crippen LogP) is -2.17. The van der Waals surface area contributed by atoms with Crippen molar-refractivity contribution in [3.63, 3.8) is 0 Å². The first-order valence-corrected chi connectivity index (χ1v) is 4.34. The number of rotatable bonds is 2. The average Bonchev–Trinajstić information content (AvgIpc) is 2.44. The highest BCUT2D eigenvalue weighted by atomic mass is 16.5. The Bertz CT molecular complexity index is 259. The standard InChI is InChI=1S/C7H13N3O5/c8-6(13)10-7(14)9-5-1-3(12)4(2-11)15-5/h3-5,11-12H,1-2H2,(H4,8,9,10,13,14)/t3-,4-,5-/m1/s1. The molecule has 8 heteroatoms. The third-order valence-corrected chi connectivity index (χ3v) is 1.93. The molecule has 6 N–H and O–H groups in total. The highest BCUT2D eigenvalue weighted by Crippen LogP contribution is 2.17. The Kier molecular flexibility index (Phi) is 3.83. The summed E-state index contributed by atoms with van der Waals surface area (Å²) in [5, 5.41) is 22.1. The number of hydrogen-bond donors (Lipinski definition) is 5. The predicted molar refractivity (Wildman–Crippen MR) is 47.6 cm³/mol. The second kappa shape index (κ2) is 4.91. The normalized spacial score (nSPS) is 29.9. The number of ether oxygens (including phenoxy) is 1. The third-order valence-electron chi connectivity index (χ3n) is 1.93. The Morgan fingerprint density at radius 3 is 2.67 bits per heavy atom. The lowest BCUT2D eigenvalue weighted by molar-refractivity contribution is -0.0272. The molecule has 8 nitrogen and oxygen atoms in total. The maximum Gasteiger partial charge on any atom is 0.324 e. The van der Waals surface area contributed by atoms with Gasteiger partial charge in [-0.2, -0.15) is 0 Å². The summed E-state index contributed by atoms with van der Waals surface area (Å²) in [6, 6.07) is -1.79. The number of hydrogen-bond acceptors (Lipinski definition) is 5. The highest BCUT2D eigenvalue weighted by Gasteiger charge is 2.34. The molecular formula is C7H13N3O5. The first-order valence-electron chi connectivity index (χ1n) is 4.34. The van der Waals surface area contributed by atoms with Crippen molar-refractivity contribution in [1.82, 2.24) is 10.6 Å². The van der Waals surface area contributed by atoms with E-state index in [0.717, 1.165) is 0 Å². The molecule has 0 unspecified atom stereocenters. The van der Waals surface area contributed by atoms with Crippen LogP contribution in [0.1, 0.15) is 6.42 Å². The topological polar surface area (TPSA) is 134 Å². The van der Waals surface area contributed by atoms with Gasteiger partial charge in [0, 0.05) is 6.42 Å². The van der Waals surface area contributed by atoms with Gasteiger partial charge in [0.2, 0.25) is 0 Å². The summed E-state index contributed by atoms with van der Waals surface area (Å²) in [7, 11) is 0. The molecule has 0 aromatic heterocycles. The molecule has 1 saturated heterocycles. The summed E-state index contributed by atoms with van der Waals surface area (Å²) in [6.45, 7) is -0.337. The molecule has 4 amide bonds. The summed E-state index contributed by atoms with van der Waals surface area (Å²) in [5.74, 6) is 0. The number of aliphatic hydroxyl groups is 2. The van der Waals surface area contributed by atoms with Gasteiger partial charge in [-0.1, -0.05) is 0 Å². The van der Waals surface area contributed by atoms with Crippen LogP contribution in [0, 0.1) is 0 Å². The summed E-state index contributed by atoms with van der Waals surface area (Å²) >= 11 is 0. The minimum absolute atomic E-state index is 0.150. The molecule has 0 bridgehead atoms. The lowest BCUT2D eigenvalue weighted by Crippen LogP contribution is -2.46. The fourth-order valence-electron chi connectivity index (χ4n) is 1.28. The summed E-state index contributed by atoms with van der Waals surface area (Å²) in [6.07, 6.45) is -2.15. The largest absolute Gasteiger partial charge is 0.394 e. The molecule has 86 valence electrons. The van der Waals surface area contributed by atoms with E-state index in [4.69, 9.17) is 15.6 Å². The summed E-state index contributed by atoms with van der Waals surface area (Å²) in [4.78, 5) is 21.3. The van der Waals surface area contributed by atoms with Crippen molar-refractivity contribution in [3.05, 3.63) is 0 Å². The molecule has 15 heavy (non-hydrogen) atoms. The number of carbonyl (C=O) groups is 2. The van der Waals surface area contributed by atoms with Crippen LogP contribution in [0.5, 0.6) is 0 Å². The van der Waals surface area contributed by atoms with Crippen LogP contribution in [0.15, 0.2) is 0 Å². The van der Waals surface area contributed by atoms with Crippen LogP contribution >= 0.6 is 0 Å². The highest BCUT2D eigenvalue weighted by molar-refractivity contribution is 5.92. The minimum Gasteiger partial charge on any atom is -0.394 e. The van der Waals surface area contributed by atoms with Crippen molar-refractivity contribution >= 4 is 12.1 Å². The molecule has 0 aromatic rings. The molecule has 1 rings (SSSR count). The molecule has 3 atom stereocenters.